The zero-order valence-corrected chi connectivity index (χ0v) is 8.82. The van der Waals surface area contributed by atoms with Crippen LogP contribution in [0.5, 0.6) is 0 Å². The Bertz CT molecular complexity index is 459. The molecule has 0 saturated heterocycles. The van der Waals surface area contributed by atoms with Gasteiger partial charge in [0, 0.05) is 29.6 Å². The Kier molecular flexibility index (Phi) is 2.51. The Labute approximate surface area is 88.1 Å². The molecule has 15 heavy (non-hydrogen) atoms. The van der Waals surface area contributed by atoms with Crippen molar-refractivity contribution >= 4 is 0 Å². The molecule has 2 rings (SSSR count). The van der Waals surface area contributed by atoms with Crippen molar-refractivity contribution in [3.05, 3.63) is 35.3 Å². The van der Waals surface area contributed by atoms with Crippen LogP contribution in [-0.2, 0) is 6.54 Å². The predicted molar refractivity (Wildman–Crippen MR) is 57.1 cm³/mol. The molecule has 2 aromatic heterocycles. The van der Waals surface area contributed by atoms with Gasteiger partial charge in [0.15, 0.2) is 5.76 Å². The summed E-state index contributed by atoms with van der Waals surface area (Å²) in [5.74, 6) is 0.725. The minimum absolute atomic E-state index is 0.429. The lowest BCUT2D eigenvalue weighted by Gasteiger charge is -1.99. The first-order chi connectivity index (χ1) is 7.22. The lowest BCUT2D eigenvalue weighted by Crippen LogP contribution is -1.98. The van der Waals surface area contributed by atoms with E-state index in [2.05, 4.69) is 10.1 Å². The monoisotopic (exact) mass is 203 g/mol. The van der Waals surface area contributed by atoms with E-state index < -0.39 is 0 Å². The van der Waals surface area contributed by atoms with E-state index in [1.807, 2.05) is 26.0 Å². The molecule has 2 N–H and O–H groups in total. The molecule has 0 aliphatic carbocycles. The summed E-state index contributed by atoms with van der Waals surface area (Å²) in [6, 6.07) is 3.90. The minimum atomic E-state index is 0.429. The van der Waals surface area contributed by atoms with Crippen LogP contribution in [0.15, 0.2) is 22.9 Å². The van der Waals surface area contributed by atoms with E-state index in [1.54, 1.807) is 6.20 Å². The number of nitrogens with two attached hydrogens (primary N) is 1. The molecular formula is C11H13N3O. The summed E-state index contributed by atoms with van der Waals surface area (Å²) in [7, 11) is 0. The maximum absolute atomic E-state index is 5.64. The van der Waals surface area contributed by atoms with Gasteiger partial charge >= 0.3 is 0 Å². The van der Waals surface area contributed by atoms with E-state index in [-0.39, 0.29) is 0 Å². The van der Waals surface area contributed by atoms with Gasteiger partial charge in [0.05, 0.1) is 5.69 Å². The van der Waals surface area contributed by atoms with Gasteiger partial charge in [-0.25, -0.2) is 0 Å². The van der Waals surface area contributed by atoms with Crippen molar-refractivity contribution in [3.8, 4) is 11.3 Å². The highest BCUT2D eigenvalue weighted by Crippen LogP contribution is 2.24. The molecule has 0 spiro atoms. The molecule has 0 radical (unpaired) electrons. The molecule has 0 aliphatic rings. The van der Waals surface area contributed by atoms with Gasteiger partial charge in [0.1, 0.15) is 0 Å². The van der Waals surface area contributed by atoms with E-state index in [9.17, 15) is 0 Å². The topological polar surface area (TPSA) is 64.9 Å². The number of hydrogen-bond donors (Lipinski definition) is 1. The highest BCUT2D eigenvalue weighted by atomic mass is 16.5. The van der Waals surface area contributed by atoms with Gasteiger partial charge < -0.3 is 10.3 Å². The van der Waals surface area contributed by atoms with Gasteiger partial charge in [0.2, 0.25) is 0 Å². The van der Waals surface area contributed by atoms with Crippen LogP contribution in [0, 0.1) is 13.8 Å². The van der Waals surface area contributed by atoms with Crippen molar-refractivity contribution in [2.75, 3.05) is 0 Å². The lowest BCUT2D eigenvalue weighted by molar-refractivity contribution is 0.426. The van der Waals surface area contributed by atoms with Crippen molar-refractivity contribution in [1.82, 2.24) is 10.1 Å². The Hall–Kier alpha value is -1.68. The normalized spacial score (nSPS) is 10.6. The highest BCUT2D eigenvalue weighted by Gasteiger charge is 2.13. The number of hydrogen-bond acceptors (Lipinski definition) is 4. The first kappa shape index (κ1) is 9.86. The molecule has 0 aliphatic heterocycles. The molecular weight excluding hydrogens is 190 g/mol. The average molecular weight is 203 g/mol. The smallest absolute Gasteiger partial charge is 0.173 e. The fraction of sp³-hybridized carbons (Fsp3) is 0.273. The third-order valence-electron chi connectivity index (χ3n) is 2.36. The predicted octanol–water partition coefficient (Wildman–Crippen LogP) is 1.81. The third-order valence-corrected chi connectivity index (χ3v) is 2.36. The largest absolute Gasteiger partial charge is 0.356 e. The van der Waals surface area contributed by atoms with Gasteiger partial charge in [-0.15, -0.1) is 0 Å². The quantitative estimate of drug-likeness (QED) is 0.808. The van der Waals surface area contributed by atoms with Crippen molar-refractivity contribution < 1.29 is 4.52 Å². The Morgan fingerprint density at radius 3 is 2.73 bits per heavy atom. The summed E-state index contributed by atoms with van der Waals surface area (Å²) in [5.41, 5.74) is 9.32. The summed E-state index contributed by atoms with van der Waals surface area (Å²) in [6.45, 7) is 4.26. The Morgan fingerprint density at radius 1 is 1.33 bits per heavy atom. The molecule has 0 aromatic carbocycles. The van der Waals surface area contributed by atoms with E-state index in [0.717, 1.165) is 28.3 Å². The summed E-state index contributed by atoms with van der Waals surface area (Å²) in [6.07, 6.45) is 1.77. The van der Waals surface area contributed by atoms with Crippen LogP contribution in [-0.4, -0.2) is 10.1 Å². The van der Waals surface area contributed by atoms with E-state index in [0.29, 0.717) is 6.54 Å². The number of aromatic nitrogens is 2. The molecule has 0 atom stereocenters. The molecule has 4 heteroatoms. The Morgan fingerprint density at radius 2 is 2.13 bits per heavy atom. The lowest BCUT2D eigenvalue weighted by atomic mass is 10.1. The third kappa shape index (κ3) is 1.76. The maximum atomic E-state index is 5.64. The van der Waals surface area contributed by atoms with Crippen molar-refractivity contribution in [2.45, 2.75) is 20.4 Å². The number of aryl methyl sites for hydroxylation is 2. The minimum Gasteiger partial charge on any atom is -0.356 e. The van der Waals surface area contributed by atoms with Gasteiger partial charge in [-0.2, -0.15) is 0 Å². The second-order valence-corrected chi connectivity index (χ2v) is 3.47. The van der Waals surface area contributed by atoms with Crippen LogP contribution in [0.2, 0.25) is 0 Å². The highest BCUT2D eigenvalue weighted by molar-refractivity contribution is 5.60. The second kappa shape index (κ2) is 3.82. The molecule has 78 valence electrons. The molecule has 0 amide bonds. The van der Waals surface area contributed by atoms with Gasteiger partial charge in [-0.3, -0.25) is 4.98 Å². The molecule has 2 aromatic rings. The SMILES string of the molecule is Cc1ccc(-c2onc(C)c2CN)cn1. The summed E-state index contributed by atoms with van der Waals surface area (Å²) in [4.78, 5) is 4.21. The van der Waals surface area contributed by atoms with Crippen molar-refractivity contribution in [2.24, 2.45) is 5.73 Å². The fourth-order valence-electron chi connectivity index (χ4n) is 1.46. The second-order valence-electron chi connectivity index (χ2n) is 3.47. The fourth-order valence-corrected chi connectivity index (χ4v) is 1.46. The first-order valence-electron chi connectivity index (χ1n) is 4.80. The van der Waals surface area contributed by atoms with Crippen LogP contribution in [0.3, 0.4) is 0 Å². The number of pyridine rings is 1. The van der Waals surface area contributed by atoms with E-state index in [1.165, 1.54) is 0 Å². The summed E-state index contributed by atoms with van der Waals surface area (Å²) in [5, 5.41) is 3.90. The van der Waals surface area contributed by atoms with Crippen molar-refractivity contribution in [1.29, 1.82) is 0 Å². The van der Waals surface area contributed by atoms with Gasteiger partial charge in [0.25, 0.3) is 0 Å². The summed E-state index contributed by atoms with van der Waals surface area (Å²) >= 11 is 0. The van der Waals surface area contributed by atoms with E-state index in [4.69, 9.17) is 10.3 Å². The molecule has 0 unspecified atom stereocenters. The number of rotatable bonds is 2. The standard InChI is InChI=1S/C11H13N3O/c1-7-3-4-9(6-13-7)11-10(5-12)8(2)14-15-11/h3-4,6H,5,12H2,1-2H3. The van der Waals surface area contributed by atoms with Crippen LogP contribution < -0.4 is 5.73 Å². The maximum Gasteiger partial charge on any atom is 0.173 e. The molecule has 0 saturated carbocycles. The Balaban J connectivity index is 2.49. The number of nitrogens with zero attached hydrogens (tertiary/aromatic N) is 2. The van der Waals surface area contributed by atoms with Crippen LogP contribution in [0.4, 0.5) is 0 Å². The molecule has 4 nitrogen and oxygen atoms in total. The average Bonchev–Trinajstić information content (AvgIpc) is 2.61. The van der Waals surface area contributed by atoms with Crippen LogP contribution >= 0.6 is 0 Å². The molecule has 2 heterocycles. The first-order valence-corrected chi connectivity index (χ1v) is 4.80. The zero-order valence-electron chi connectivity index (χ0n) is 8.82. The van der Waals surface area contributed by atoms with Gasteiger partial charge in [-0.05, 0) is 26.0 Å². The van der Waals surface area contributed by atoms with Crippen molar-refractivity contribution in [3.63, 3.8) is 0 Å². The zero-order chi connectivity index (χ0) is 10.8. The molecule has 0 fully saturated rings. The van der Waals surface area contributed by atoms with Crippen LogP contribution in [0.25, 0.3) is 11.3 Å². The summed E-state index contributed by atoms with van der Waals surface area (Å²) < 4.78 is 5.24. The van der Waals surface area contributed by atoms with Gasteiger partial charge in [-0.1, -0.05) is 5.16 Å². The van der Waals surface area contributed by atoms with E-state index >= 15 is 0 Å². The van der Waals surface area contributed by atoms with Crippen LogP contribution in [0.1, 0.15) is 17.0 Å². The molecule has 0 bridgehead atoms.